The zero-order valence-corrected chi connectivity index (χ0v) is 13.2. The van der Waals surface area contributed by atoms with Crippen LogP contribution in [0.5, 0.6) is 0 Å². The molecule has 1 saturated heterocycles. The molecule has 22 heavy (non-hydrogen) atoms. The lowest BCUT2D eigenvalue weighted by Gasteiger charge is -2.18. The van der Waals surface area contributed by atoms with Crippen LogP contribution in [0.1, 0.15) is 51.4 Å². The third-order valence-electron chi connectivity index (χ3n) is 3.77. The Morgan fingerprint density at radius 2 is 2.14 bits per heavy atom. The number of carbonyl (C=O) groups is 3. The molecule has 124 valence electrons. The van der Waals surface area contributed by atoms with Gasteiger partial charge in [-0.15, -0.1) is 6.58 Å². The van der Waals surface area contributed by atoms with Crippen molar-refractivity contribution in [2.75, 3.05) is 7.11 Å². The van der Waals surface area contributed by atoms with Gasteiger partial charge in [-0.3, -0.25) is 9.59 Å². The molecule has 1 heterocycles. The molecule has 2 amide bonds. The van der Waals surface area contributed by atoms with Gasteiger partial charge in [0.1, 0.15) is 12.1 Å². The van der Waals surface area contributed by atoms with Crippen LogP contribution >= 0.6 is 0 Å². The van der Waals surface area contributed by atoms with Gasteiger partial charge in [0.15, 0.2) is 0 Å². The first kappa shape index (κ1) is 18.2. The van der Waals surface area contributed by atoms with Crippen molar-refractivity contribution in [3.8, 4) is 0 Å². The number of rotatable bonds is 10. The van der Waals surface area contributed by atoms with E-state index < -0.39 is 18.1 Å². The highest BCUT2D eigenvalue weighted by molar-refractivity contribution is 5.93. The van der Waals surface area contributed by atoms with E-state index in [9.17, 15) is 14.4 Å². The third-order valence-corrected chi connectivity index (χ3v) is 3.77. The molecule has 0 bridgehead atoms. The van der Waals surface area contributed by atoms with Gasteiger partial charge in [0.25, 0.3) is 0 Å². The number of hydrogen-bond donors (Lipinski definition) is 2. The largest absolute Gasteiger partial charge is 0.467 e. The first-order chi connectivity index (χ1) is 10.6. The summed E-state index contributed by atoms with van der Waals surface area (Å²) >= 11 is 0. The Hall–Kier alpha value is -1.85. The van der Waals surface area contributed by atoms with Gasteiger partial charge < -0.3 is 15.4 Å². The van der Waals surface area contributed by atoms with Crippen molar-refractivity contribution in [2.24, 2.45) is 0 Å². The lowest BCUT2D eigenvalue weighted by Crippen LogP contribution is -2.49. The molecule has 1 aliphatic heterocycles. The number of allylic oxidation sites excluding steroid dienone is 1. The van der Waals surface area contributed by atoms with Crippen molar-refractivity contribution in [2.45, 2.75) is 63.5 Å². The molecule has 0 saturated carbocycles. The van der Waals surface area contributed by atoms with Crippen LogP contribution in [0.15, 0.2) is 12.7 Å². The van der Waals surface area contributed by atoms with Crippen molar-refractivity contribution < 1.29 is 19.1 Å². The summed E-state index contributed by atoms with van der Waals surface area (Å²) in [5.41, 5.74) is 0. The van der Waals surface area contributed by atoms with Crippen molar-refractivity contribution in [3.05, 3.63) is 12.7 Å². The average molecular weight is 310 g/mol. The second kappa shape index (κ2) is 9.97. The van der Waals surface area contributed by atoms with E-state index in [4.69, 9.17) is 4.74 Å². The summed E-state index contributed by atoms with van der Waals surface area (Å²) in [6.45, 7) is 3.68. The zero-order chi connectivity index (χ0) is 16.4. The van der Waals surface area contributed by atoms with Gasteiger partial charge in [-0.05, 0) is 25.7 Å². The molecule has 1 aliphatic rings. The fourth-order valence-corrected chi connectivity index (χ4v) is 2.46. The quantitative estimate of drug-likeness (QED) is 0.363. The van der Waals surface area contributed by atoms with Gasteiger partial charge >= 0.3 is 5.97 Å². The van der Waals surface area contributed by atoms with E-state index in [0.29, 0.717) is 19.3 Å². The van der Waals surface area contributed by atoms with Gasteiger partial charge in [0.2, 0.25) is 11.8 Å². The lowest BCUT2D eigenvalue weighted by molar-refractivity contribution is -0.145. The molecule has 0 spiro atoms. The van der Waals surface area contributed by atoms with E-state index >= 15 is 0 Å². The number of amides is 2. The summed E-state index contributed by atoms with van der Waals surface area (Å²) in [6.07, 6.45) is 8.27. The number of methoxy groups -OCH3 is 1. The predicted octanol–water partition coefficient (Wildman–Crippen LogP) is 1.45. The molecule has 6 nitrogen and oxygen atoms in total. The zero-order valence-electron chi connectivity index (χ0n) is 13.2. The number of carbonyl (C=O) groups excluding carboxylic acids is 3. The van der Waals surface area contributed by atoms with E-state index in [2.05, 4.69) is 17.2 Å². The smallest absolute Gasteiger partial charge is 0.328 e. The van der Waals surface area contributed by atoms with Crippen LogP contribution in [-0.2, 0) is 19.1 Å². The maximum Gasteiger partial charge on any atom is 0.328 e. The predicted molar refractivity (Wildman–Crippen MR) is 83.0 cm³/mol. The standard InChI is InChI=1S/C16H26N2O4/c1-3-4-5-6-7-8-9-13(16(21)22-2)18-15(20)12-10-11-14(19)17-12/h3,12-13H,1,4-11H2,2H3,(H,17,19)(H,18,20)/t12-,13+/m0/s1. The molecule has 0 aromatic heterocycles. The summed E-state index contributed by atoms with van der Waals surface area (Å²) < 4.78 is 4.74. The Kier molecular flexibility index (Phi) is 8.25. The Labute approximate surface area is 131 Å². The fourth-order valence-electron chi connectivity index (χ4n) is 2.46. The Morgan fingerprint density at radius 3 is 2.73 bits per heavy atom. The molecule has 0 radical (unpaired) electrons. The number of ether oxygens (including phenoxy) is 1. The number of esters is 1. The topological polar surface area (TPSA) is 84.5 Å². The first-order valence-corrected chi connectivity index (χ1v) is 7.87. The van der Waals surface area contributed by atoms with Crippen molar-refractivity contribution >= 4 is 17.8 Å². The highest BCUT2D eigenvalue weighted by atomic mass is 16.5. The van der Waals surface area contributed by atoms with Crippen LogP contribution < -0.4 is 10.6 Å². The van der Waals surface area contributed by atoms with Crippen LogP contribution in [0.4, 0.5) is 0 Å². The minimum atomic E-state index is -0.644. The van der Waals surface area contributed by atoms with Crippen LogP contribution in [0.2, 0.25) is 0 Å². The number of hydrogen-bond acceptors (Lipinski definition) is 4. The van der Waals surface area contributed by atoms with Crippen LogP contribution in [0.25, 0.3) is 0 Å². The van der Waals surface area contributed by atoms with Gasteiger partial charge in [0, 0.05) is 6.42 Å². The minimum absolute atomic E-state index is 0.128. The SMILES string of the molecule is C=CCCCCCC[C@@H](NC(=O)[C@@H]1CCC(=O)N1)C(=O)OC. The van der Waals surface area contributed by atoms with Crippen LogP contribution in [0.3, 0.4) is 0 Å². The average Bonchev–Trinajstić information content (AvgIpc) is 2.95. The van der Waals surface area contributed by atoms with E-state index in [1.54, 1.807) is 0 Å². The summed E-state index contributed by atoms with van der Waals surface area (Å²) in [5.74, 6) is -0.881. The molecule has 0 aromatic carbocycles. The summed E-state index contributed by atoms with van der Waals surface area (Å²) in [5, 5.41) is 5.28. The molecule has 0 aromatic rings. The highest BCUT2D eigenvalue weighted by Crippen LogP contribution is 2.11. The molecule has 1 fully saturated rings. The molecule has 0 unspecified atom stereocenters. The number of unbranched alkanes of at least 4 members (excludes halogenated alkanes) is 4. The molecule has 1 rings (SSSR count). The van der Waals surface area contributed by atoms with Gasteiger partial charge in [-0.25, -0.2) is 4.79 Å². The van der Waals surface area contributed by atoms with Crippen molar-refractivity contribution in [1.82, 2.24) is 10.6 Å². The molecule has 6 heteroatoms. The van der Waals surface area contributed by atoms with E-state index in [1.807, 2.05) is 6.08 Å². The van der Waals surface area contributed by atoms with E-state index in [1.165, 1.54) is 7.11 Å². The summed E-state index contributed by atoms with van der Waals surface area (Å²) in [4.78, 5) is 34.9. The lowest BCUT2D eigenvalue weighted by atomic mass is 10.1. The molecule has 2 atom stereocenters. The third kappa shape index (κ3) is 6.28. The molecule has 0 aliphatic carbocycles. The second-order valence-electron chi connectivity index (χ2n) is 5.52. The van der Waals surface area contributed by atoms with Crippen molar-refractivity contribution in [3.63, 3.8) is 0 Å². The van der Waals surface area contributed by atoms with Gasteiger partial charge in [0.05, 0.1) is 7.11 Å². The first-order valence-electron chi connectivity index (χ1n) is 7.87. The molecular weight excluding hydrogens is 284 g/mol. The van der Waals surface area contributed by atoms with Gasteiger partial charge in [-0.2, -0.15) is 0 Å². The maximum absolute atomic E-state index is 12.1. The van der Waals surface area contributed by atoms with Crippen molar-refractivity contribution in [1.29, 1.82) is 0 Å². The van der Waals surface area contributed by atoms with Crippen LogP contribution in [-0.4, -0.2) is 37.0 Å². The van der Waals surface area contributed by atoms with E-state index in [-0.39, 0.29) is 11.8 Å². The molecule has 2 N–H and O–H groups in total. The summed E-state index contributed by atoms with van der Waals surface area (Å²) in [7, 11) is 1.31. The Morgan fingerprint density at radius 1 is 1.41 bits per heavy atom. The Balaban J connectivity index is 2.36. The van der Waals surface area contributed by atoms with Crippen LogP contribution in [0, 0.1) is 0 Å². The second-order valence-corrected chi connectivity index (χ2v) is 5.52. The van der Waals surface area contributed by atoms with Gasteiger partial charge in [-0.1, -0.05) is 25.3 Å². The minimum Gasteiger partial charge on any atom is -0.467 e. The number of nitrogens with one attached hydrogen (secondary N) is 2. The fraction of sp³-hybridized carbons (Fsp3) is 0.688. The Bertz CT molecular complexity index is 409. The maximum atomic E-state index is 12.1. The monoisotopic (exact) mass is 310 g/mol. The summed E-state index contributed by atoms with van der Waals surface area (Å²) in [6, 6.07) is -1.18. The van der Waals surface area contributed by atoms with E-state index in [0.717, 1.165) is 32.1 Å². The normalized spacial score (nSPS) is 18.4. The molecular formula is C16H26N2O4. The highest BCUT2D eigenvalue weighted by Gasteiger charge is 2.30.